The van der Waals surface area contributed by atoms with Crippen molar-refractivity contribution in [1.29, 1.82) is 0 Å². The summed E-state index contributed by atoms with van der Waals surface area (Å²) >= 11 is 7.54. The van der Waals surface area contributed by atoms with Crippen LogP contribution in [0.3, 0.4) is 0 Å². The summed E-state index contributed by atoms with van der Waals surface area (Å²) in [5.41, 5.74) is 1.23. The van der Waals surface area contributed by atoms with Gasteiger partial charge in [0, 0.05) is 23.0 Å². The zero-order chi connectivity index (χ0) is 20.1. The first-order chi connectivity index (χ1) is 12.7. The van der Waals surface area contributed by atoms with E-state index in [4.69, 9.17) is 16.7 Å². The van der Waals surface area contributed by atoms with Gasteiger partial charge in [0.15, 0.2) is 0 Å². The number of nitrogens with one attached hydrogen (secondary N) is 2. The van der Waals surface area contributed by atoms with Crippen LogP contribution in [-0.4, -0.2) is 51.5 Å². The molecule has 146 valence electrons. The van der Waals surface area contributed by atoms with E-state index in [9.17, 15) is 14.4 Å². The Hall–Kier alpha value is -2.19. The number of thioether (sulfide) groups is 1. The van der Waals surface area contributed by atoms with Gasteiger partial charge < -0.3 is 20.3 Å². The molecule has 2 amide bonds. The van der Waals surface area contributed by atoms with Crippen molar-refractivity contribution in [3.05, 3.63) is 35.0 Å². The number of amides is 2. The molecular formula is C18H22ClN3O4S. The normalized spacial score (nSPS) is 13.2. The molecule has 1 heterocycles. The van der Waals surface area contributed by atoms with E-state index in [1.807, 2.05) is 12.3 Å². The molecule has 0 spiro atoms. The van der Waals surface area contributed by atoms with Gasteiger partial charge in [0.2, 0.25) is 5.91 Å². The summed E-state index contributed by atoms with van der Waals surface area (Å²) < 4.78 is 1.73. The van der Waals surface area contributed by atoms with Crippen molar-refractivity contribution in [3.8, 4) is 0 Å². The van der Waals surface area contributed by atoms with Crippen LogP contribution in [-0.2, 0) is 16.6 Å². The van der Waals surface area contributed by atoms with Gasteiger partial charge in [-0.3, -0.25) is 14.4 Å². The molecule has 0 aliphatic heterocycles. The maximum absolute atomic E-state index is 12.7. The SMILES string of the molecule is CSCC[C@H](NC(=O)c1cc2cc(Cl)ccc2n1C)C(=O)N[C@@H](C)C(=O)O. The van der Waals surface area contributed by atoms with Gasteiger partial charge in [0.1, 0.15) is 17.8 Å². The van der Waals surface area contributed by atoms with Crippen LogP contribution in [0.25, 0.3) is 10.9 Å². The Morgan fingerprint density at radius 3 is 2.59 bits per heavy atom. The molecule has 1 aromatic carbocycles. The maximum Gasteiger partial charge on any atom is 0.325 e. The molecule has 0 saturated heterocycles. The number of carboxylic acids is 1. The van der Waals surface area contributed by atoms with Gasteiger partial charge in [0.05, 0.1) is 0 Å². The second kappa shape index (κ2) is 9.14. The lowest BCUT2D eigenvalue weighted by atomic mass is 10.2. The van der Waals surface area contributed by atoms with Crippen LogP contribution >= 0.6 is 23.4 Å². The lowest BCUT2D eigenvalue weighted by Gasteiger charge is -2.20. The van der Waals surface area contributed by atoms with Crippen molar-refractivity contribution >= 4 is 52.0 Å². The summed E-state index contributed by atoms with van der Waals surface area (Å²) in [6.45, 7) is 1.38. The third-order valence-corrected chi connectivity index (χ3v) is 5.08. The van der Waals surface area contributed by atoms with E-state index in [0.717, 1.165) is 10.9 Å². The monoisotopic (exact) mass is 411 g/mol. The van der Waals surface area contributed by atoms with E-state index in [1.54, 1.807) is 29.8 Å². The van der Waals surface area contributed by atoms with Crippen LogP contribution in [0.1, 0.15) is 23.8 Å². The van der Waals surface area contributed by atoms with E-state index in [2.05, 4.69) is 10.6 Å². The maximum atomic E-state index is 12.7. The number of hydrogen-bond acceptors (Lipinski definition) is 4. The van der Waals surface area contributed by atoms with Gasteiger partial charge in [-0.05, 0) is 49.6 Å². The minimum absolute atomic E-state index is 0.389. The number of carboxylic acid groups (broad SMARTS) is 1. The standard InChI is InChI=1S/C18H22ClN3O4S/c1-10(18(25)26)20-16(23)13(6-7-27-3)21-17(24)15-9-11-8-12(19)4-5-14(11)22(15)2/h4-5,8-10,13H,6-7H2,1-3H3,(H,20,23)(H,21,24)(H,25,26)/t10-,13-/m0/s1. The summed E-state index contributed by atoms with van der Waals surface area (Å²) in [5.74, 6) is -1.42. The van der Waals surface area contributed by atoms with Crippen LogP contribution in [0.15, 0.2) is 24.3 Å². The Morgan fingerprint density at radius 2 is 1.96 bits per heavy atom. The Kier molecular flexibility index (Phi) is 7.15. The van der Waals surface area contributed by atoms with E-state index >= 15 is 0 Å². The van der Waals surface area contributed by atoms with Crippen LogP contribution < -0.4 is 10.6 Å². The topological polar surface area (TPSA) is 100 Å². The number of benzene rings is 1. The molecule has 2 rings (SSSR count). The molecule has 9 heteroatoms. The molecule has 2 aromatic rings. The highest BCUT2D eigenvalue weighted by molar-refractivity contribution is 7.98. The quantitative estimate of drug-likeness (QED) is 0.618. The second-order valence-electron chi connectivity index (χ2n) is 6.17. The fourth-order valence-corrected chi connectivity index (χ4v) is 3.30. The van der Waals surface area contributed by atoms with Gasteiger partial charge in [-0.25, -0.2) is 0 Å². The van der Waals surface area contributed by atoms with Crippen molar-refractivity contribution in [2.45, 2.75) is 25.4 Å². The van der Waals surface area contributed by atoms with Crippen molar-refractivity contribution in [2.24, 2.45) is 7.05 Å². The van der Waals surface area contributed by atoms with Gasteiger partial charge in [-0.2, -0.15) is 11.8 Å². The Bertz CT molecular complexity index is 868. The number of hydrogen-bond donors (Lipinski definition) is 3. The number of aliphatic carboxylic acids is 1. The minimum atomic E-state index is -1.14. The zero-order valence-electron chi connectivity index (χ0n) is 15.3. The first-order valence-electron chi connectivity index (χ1n) is 8.32. The Balaban J connectivity index is 2.21. The van der Waals surface area contributed by atoms with Gasteiger partial charge in [-0.1, -0.05) is 11.6 Å². The fourth-order valence-electron chi connectivity index (χ4n) is 2.65. The number of nitrogens with zero attached hydrogens (tertiary/aromatic N) is 1. The minimum Gasteiger partial charge on any atom is -0.480 e. The van der Waals surface area contributed by atoms with Crippen LogP contribution in [0, 0.1) is 0 Å². The molecule has 0 aliphatic rings. The Morgan fingerprint density at radius 1 is 1.26 bits per heavy atom. The van der Waals surface area contributed by atoms with Gasteiger partial charge in [0.25, 0.3) is 5.91 Å². The molecule has 7 nitrogen and oxygen atoms in total. The molecule has 27 heavy (non-hydrogen) atoms. The van der Waals surface area contributed by atoms with Crippen LogP contribution in [0.5, 0.6) is 0 Å². The molecule has 0 unspecified atom stereocenters. The third-order valence-electron chi connectivity index (χ3n) is 4.20. The van der Waals surface area contributed by atoms with E-state index < -0.39 is 29.9 Å². The highest BCUT2D eigenvalue weighted by Crippen LogP contribution is 2.22. The lowest BCUT2D eigenvalue weighted by molar-refractivity contribution is -0.141. The van der Waals surface area contributed by atoms with Crippen LogP contribution in [0.4, 0.5) is 0 Å². The van der Waals surface area contributed by atoms with E-state index in [0.29, 0.717) is 22.9 Å². The second-order valence-corrected chi connectivity index (χ2v) is 7.59. The summed E-state index contributed by atoms with van der Waals surface area (Å²) in [5, 5.41) is 15.5. The lowest BCUT2D eigenvalue weighted by Crippen LogP contribution is -2.51. The molecule has 0 bridgehead atoms. The van der Waals surface area contributed by atoms with Crippen molar-refractivity contribution in [3.63, 3.8) is 0 Å². The summed E-state index contributed by atoms with van der Waals surface area (Å²) in [7, 11) is 1.76. The summed E-state index contributed by atoms with van der Waals surface area (Å²) in [4.78, 5) is 36.1. The number of carbonyl (C=O) groups excluding carboxylic acids is 2. The number of halogens is 1. The molecule has 2 atom stereocenters. The van der Waals surface area contributed by atoms with Crippen molar-refractivity contribution in [1.82, 2.24) is 15.2 Å². The fraction of sp³-hybridized carbons (Fsp3) is 0.389. The van der Waals surface area contributed by atoms with Gasteiger partial charge >= 0.3 is 5.97 Å². The predicted octanol–water partition coefficient (Wildman–Crippen LogP) is 2.27. The zero-order valence-corrected chi connectivity index (χ0v) is 16.9. The number of aromatic nitrogens is 1. The number of rotatable bonds is 8. The summed E-state index contributed by atoms with van der Waals surface area (Å²) in [6.07, 6.45) is 2.28. The number of aryl methyl sites for hydroxylation is 1. The Labute approximate surface area is 166 Å². The molecule has 0 fully saturated rings. The highest BCUT2D eigenvalue weighted by Gasteiger charge is 2.25. The van der Waals surface area contributed by atoms with Crippen LogP contribution in [0.2, 0.25) is 5.02 Å². The van der Waals surface area contributed by atoms with E-state index in [-0.39, 0.29) is 0 Å². The van der Waals surface area contributed by atoms with Gasteiger partial charge in [-0.15, -0.1) is 0 Å². The largest absolute Gasteiger partial charge is 0.480 e. The first-order valence-corrected chi connectivity index (χ1v) is 10.1. The molecular weight excluding hydrogens is 390 g/mol. The first kappa shape index (κ1) is 21.1. The molecule has 0 radical (unpaired) electrons. The number of carbonyl (C=O) groups is 3. The van der Waals surface area contributed by atoms with Crippen molar-refractivity contribution < 1.29 is 19.5 Å². The molecule has 1 aromatic heterocycles. The molecule has 0 saturated carbocycles. The van der Waals surface area contributed by atoms with E-state index in [1.165, 1.54) is 18.7 Å². The third kappa shape index (κ3) is 5.17. The predicted molar refractivity (Wildman–Crippen MR) is 107 cm³/mol. The number of fused-ring (bicyclic) bond motifs is 1. The smallest absolute Gasteiger partial charge is 0.325 e. The molecule has 0 aliphatic carbocycles. The average molecular weight is 412 g/mol. The van der Waals surface area contributed by atoms with Crippen molar-refractivity contribution in [2.75, 3.05) is 12.0 Å². The molecule has 3 N–H and O–H groups in total. The average Bonchev–Trinajstić information content (AvgIpc) is 2.94. The highest BCUT2D eigenvalue weighted by atomic mass is 35.5. The summed E-state index contributed by atoms with van der Waals surface area (Å²) in [6, 6.07) is 5.17.